The number of hydrogen-bond acceptors (Lipinski definition) is 4. The van der Waals surface area contributed by atoms with Gasteiger partial charge in [-0.15, -0.1) is 0 Å². The first-order valence-corrected chi connectivity index (χ1v) is 7.82. The SMILES string of the molecule is O=C(N[C@@H]1C[C@@H](C(=O)O)N(C(=O)CNC(=O)C(F)(F)F)C1)c1ccccc1. The Labute approximate surface area is 151 Å². The van der Waals surface area contributed by atoms with Crippen molar-refractivity contribution in [3.63, 3.8) is 0 Å². The molecule has 1 saturated heterocycles. The Morgan fingerprint density at radius 2 is 1.78 bits per heavy atom. The maximum absolute atomic E-state index is 12.2. The van der Waals surface area contributed by atoms with E-state index in [0.717, 1.165) is 4.90 Å². The van der Waals surface area contributed by atoms with E-state index >= 15 is 0 Å². The Hall–Kier alpha value is -3.11. The highest BCUT2D eigenvalue weighted by molar-refractivity contribution is 5.95. The molecule has 11 heteroatoms. The van der Waals surface area contributed by atoms with Gasteiger partial charge >= 0.3 is 18.1 Å². The quantitative estimate of drug-likeness (QED) is 0.665. The normalized spacial score (nSPS) is 19.4. The Balaban J connectivity index is 1.99. The third kappa shape index (κ3) is 5.19. The van der Waals surface area contributed by atoms with Gasteiger partial charge in [-0.2, -0.15) is 13.2 Å². The van der Waals surface area contributed by atoms with Crippen molar-refractivity contribution in [3.8, 4) is 0 Å². The van der Waals surface area contributed by atoms with Gasteiger partial charge in [0.15, 0.2) is 0 Å². The highest BCUT2D eigenvalue weighted by atomic mass is 19.4. The van der Waals surface area contributed by atoms with E-state index in [1.54, 1.807) is 30.3 Å². The van der Waals surface area contributed by atoms with Crippen molar-refractivity contribution in [2.45, 2.75) is 24.7 Å². The number of amides is 3. The summed E-state index contributed by atoms with van der Waals surface area (Å²) in [5.41, 5.74) is 0.339. The van der Waals surface area contributed by atoms with E-state index in [2.05, 4.69) is 5.32 Å². The smallest absolute Gasteiger partial charge is 0.471 e. The average Bonchev–Trinajstić information content (AvgIpc) is 3.03. The monoisotopic (exact) mass is 387 g/mol. The Bertz CT molecular complexity index is 739. The molecule has 2 atom stereocenters. The van der Waals surface area contributed by atoms with E-state index in [4.69, 9.17) is 0 Å². The summed E-state index contributed by atoms with van der Waals surface area (Å²) in [4.78, 5) is 47.2. The molecular formula is C16H16F3N3O5. The minimum Gasteiger partial charge on any atom is -0.480 e. The zero-order valence-electron chi connectivity index (χ0n) is 13.8. The lowest BCUT2D eigenvalue weighted by Gasteiger charge is -2.21. The molecule has 0 aliphatic carbocycles. The number of halogens is 3. The highest BCUT2D eigenvalue weighted by Crippen LogP contribution is 2.19. The zero-order valence-corrected chi connectivity index (χ0v) is 13.8. The van der Waals surface area contributed by atoms with Gasteiger partial charge in [-0.25, -0.2) is 4.79 Å². The summed E-state index contributed by atoms with van der Waals surface area (Å²) in [7, 11) is 0. The van der Waals surface area contributed by atoms with Gasteiger partial charge < -0.3 is 20.6 Å². The van der Waals surface area contributed by atoms with Gasteiger partial charge in [0.2, 0.25) is 5.91 Å². The number of likely N-dealkylation sites (tertiary alicyclic amines) is 1. The van der Waals surface area contributed by atoms with E-state index in [1.165, 1.54) is 5.32 Å². The van der Waals surface area contributed by atoms with Crippen molar-refractivity contribution in [3.05, 3.63) is 35.9 Å². The van der Waals surface area contributed by atoms with Crippen LogP contribution in [0.15, 0.2) is 30.3 Å². The number of alkyl halides is 3. The van der Waals surface area contributed by atoms with Crippen molar-refractivity contribution < 1.29 is 37.5 Å². The van der Waals surface area contributed by atoms with Crippen LogP contribution in [0.5, 0.6) is 0 Å². The molecule has 3 amide bonds. The molecule has 0 unspecified atom stereocenters. The summed E-state index contributed by atoms with van der Waals surface area (Å²) in [6, 6.07) is 6.08. The second-order valence-electron chi connectivity index (χ2n) is 5.85. The van der Waals surface area contributed by atoms with Gasteiger partial charge in [0, 0.05) is 24.6 Å². The molecule has 0 spiro atoms. The third-order valence-corrected chi connectivity index (χ3v) is 3.94. The summed E-state index contributed by atoms with van der Waals surface area (Å²) in [6.07, 6.45) is -5.25. The van der Waals surface area contributed by atoms with Crippen LogP contribution in [-0.2, 0) is 14.4 Å². The Morgan fingerprint density at radius 1 is 1.15 bits per heavy atom. The first-order chi connectivity index (χ1) is 12.6. The van der Waals surface area contributed by atoms with Gasteiger partial charge in [-0.3, -0.25) is 14.4 Å². The second kappa shape index (κ2) is 8.06. The van der Waals surface area contributed by atoms with Crippen LogP contribution in [0.4, 0.5) is 13.2 Å². The molecule has 1 aromatic carbocycles. The molecule has 1 aliphatic heterocycles. The predicted octanol–water partition coefficient (Wildman–Crippen LogP) is 0.149. The van der Waals surface area contributed by atoms with E-state index in [9.17, 15) is 37.5 Å². The van der Waals surface area contributed by atoms with Gasteiger partial charge in [0.25, 0.3) is 5.91 Å². The molecule has 2 rings (SSSR count). The fourth-order valence-electron chi connectivity index (χ4n) is 2.67. The molecule has 1 fully saturated rings. The molecule has 1 heterocycles. The van der Waals surface area contributed by atoms with Crippen LogP contribution in [0.3, 0.4) is 0 Å². The van der Waals surface area contributed by atoms with Crippen LogP contribution in [-0.4, -0.2) is 65.0 Å². The third-order valence-electron chi connectivity index (χ3n) is 3.94. The van der Waals surface area contributed by atoms with Crippen molar-refractivity contribution in [2.24, 2.45) is 0 Å². The first kappa shape index (κ1) is 20.2. The van der Waals surface area contributed by atoms with Crippen molar-refractivity contribution in [1.29, 1.82) is 0 Å². The minimum atomic E-state index is -5.15. The molecular weight excluding hydrogens is 371 g/mol. The van der Waals surface area contributed by atoms with Crippen LogP contribution >= 0.6 is 0 Å². The Morgan fingerprint density at radius 3 is 2.33 bits per heavy atom. The van der Waals surface area contributed by atoms with E-state index < -0.39 is 48.5 Å². The Kier molecular flexibility index (Phi) is 6.03. The van der Waals surface area contributed by atoms with E-state index in [1.807, 2.05) is 0 Å². The molecule has 0 aromatic heterocycles. The second-order valence-corrected chi connectivity index (χ2v) is 5.85. The van der Waals surface area contributed by atoms with Crippen LogP contribution in [0.2, 0.25) is 0 Å². The topological polar surface area (TPSA) is 116 Å². The van der Waals surface area contributed by atoms with Crippen LogP contribution < -0.4 is 10.6 Å². The molecule has 0 saturated carbocycles. The lowest BCUT2D eigenvalue weighted by atomic mass is 10.1. The number of carboxylic acid groups (broad SMARTS) is 1. The van der Waals surface area contributed by atoms with Gasteiger partial charge in [0.05, 0.1) is 6.54 Å². The molecule has 27 heavy (non-hydrogen) atoms. The molecule has 0 radical (unpaired) electrons. The van der Waals surface area contributed by atoms with E-state index in [0.29, 0.717) is 5.56 Å². The molecule has 146 valence electrons. The summed E-state index contributed by atoms with van der Waals surface area (Å²) < 4.78 is 36.5. The molecule has 1 aromatic rings. The lowest BCUT2D eigenvalue weighted by Crippen LogP contribution is -2.48. The standard InChI is InChI=1S/C16H16F3N3O5/c17-16(18,19)15(27)20-7-12(23)22-8-10(6-11(22)14(25)26)21-13(24)9-4-2-1-3-5-9/h1-5,10-11H,6-8H2,(H,20,27)(H,21,24)(H,25,26)/t10-,11+/m1/s1. The van der Waals surface area contributed by atoms with Crippen LogP contribution in [0.1, 0.15) is 16.8 Å². The number of carbonyl (C=O) groups is 4. The summed E-state index contributed by atoms with van der Waals surface area (Å²) in [5, 5.41) is 13.2. The fraction of sp³-hybridized carbons (Fsp3) is 0.375. The zero-order chi connectivity index (χ0) is 20.2. The highest BCUT2D eigenvalue weighted by Gasteiger charge is 2.42. The molecule has 8 nitrogen and oxygen atoms in total. The van der Waals surface area contributed by atoms with Gasteiger partial charge in [0.1, 0.15) is 6.04 Å². The largest absolute Gasteiger partial charge is 0.480 e. The number of rotatable bonds is 5. The van der Waals surface area contributed by atoms with Gasteiger partial charge in [-0.1, -0.05) is 18.2 Å². The summed E-state index contributed by atoms with van der Waals surface area (Å²) >= 11 is 0. The van der Waals surface area contributed by atoms with Crippen molar-refractivity contribution >= 4 is 23.7 Å². The predicted molar refractivity (Wildman–Crippen MR) is 84.5 cm³/mol. The van der Waals surface area contributed by atoms with Gasteiger partial charge in [-0.05, 0) is 12.1 Å². The number of aliphatic carboxylic acids is 1. The number of carbonyl (C=O) groups excluding carboxylic acids is 3. The molecule has 3 N–H and O–H groups in total. The van der Waals surface area contributed by atoms with E-state index in [-0.39, 0.29) is 13.0 Å². The average molecular weight is 387 g/mol. The summed E-state index contributed by atoms with van der Waals surface area (Å²) in [5.74, 6) is -5.11. The molecule has 1 aliphatic rings. The molecule has 0 bridgehead atoms. The number of nitrogens with zero attached hydrogens (tertiary/aromatic N) is 1. The number of nitrogens with one attached hydrogen (secondary N) is 2. The van der Waals surface area contributed by atoms with Crippen molar-refractivity contribution in [2.75, 3.05) is 13.1 Å². The maximum atomic E-state index is 12.2. The van der Waals surface area contributed by atoms with Crippen LogP contribution in [0, 0.1) is 0 Å². The van der Waals surface area contributed by atoms with Crippen LogP contribution in [0.25, 0.3) is 0 Å². The summed E-state index contributed by atoms with van der Waals surface area (Å²) in [6.45, 7) is -1.20. The number of benzene rings is 1. The maximum Gasteiger partial charge on any atom is 0.471 e. The fourth-order valence-corrected chi connectivity index (χ4v) is 2.67. The minimum absolute atomic E-state index is 0.104. The number of hydrogen-bond donors (Lipinski definition) is 3. The van der Waals surface area contributed by atoms with Crippen molar-refractivity contribution in [1.82, 2.24) is 15.5 Å². The lowest BCUT2D eigenvalue weighted by molar-refractivity contribution is -0.174. The number of carboxylic acids is 1. The first-order valence-electron chi connectivity index (χ1n) is 7.82.